The molecule has 0 bridgehead atoms. The number of fused-ring (bicyclic) bond motifs is 2. The van der Waals surface area contributed by atoms with E-state index in [1.807, 2.05) is 24.3 Å². The third-order valence-corrected chi connectivity index (χ3v) is 6.39. The van der Waals surface area contributed by atoms with Crippen LogP contribution < -0.4 is 10.3 Å². The molecule has 0 saturated carbocycles. The average molecular weight is 530 g/mol. The van der Waals surface area contributed by atoms with E-state index in [4.69, 9.17) is 41.8 Å². The first-order chi connectivity index (χ1) is 18.0. The van der Waals surface area contributed by atoms with Gasteiger partial charge in [-0.05, 0) is 60.7 Å². The Hall–Kier alpha value is -4.33. The molecule has 6 rings (SSSR count). The predicted octanol–water partition coefficient (Wildman–Crippen LogP) is 7.27. The molecule has 37 heavy (non-hydrogen) atoms. The molecule has 0 aliphatic rings. The third kappa shape index (κ3) is 4.18. The molecule has 3 aromatic carbocycles. The lowest BCUT2D eigenvalue weighted by molar-refractivity contribution is 0.419. The summed E-state index contributed by atoms with van der Waals surface area (Å²) in [4.78, 5) is 18.2. The maximum atomic E-state index is 13.5. The molecule has 0 atom stereocenters. The van der Waals surface area contributed by atoms with Crippen molar-refractivity contribution in [3.63, 3.8) is 0 Å². The number of ether oxygens (including phenoxy) is 1. The van der Waals surface area contributed by atoms with Crippen LogP contribution in [0.15, 0.2) is 97.6 Å². The number of furan rings is 2. The summed E-state index contributed by atoms with van der Waals surface area (Å²) in [7, 11) is 1.59. The Bertz CT molecular complexity index is 1880. The van der Waals surface area contributed by atoms with Crippen molar-refractivity contribution in [1.82, 2.24) is 9.66 Å². The fourth-order valence-corrected chi connectivity index (χ4v) is 4.59. The van der Waals surface area contributed by atoms with Gasteiger partial charge in [-0.25, -0.2) is 4.98 Å². The van der Waals surface area contributed by atoms with E-state index in [1.165, 1.54) is 10.9 Å². The third-order valence-electron chi connectivity index (χ3n) is 5.84. The standard InChI is InChI=1S/C28H17Cl2N3O4/c1-35-23-7-4-8-24-20(23)14-26(37-24)27-32-22-6-3-2-5-19(22)28(34)33(27)31-15-17-10-12-25(36-17)18-11-9-16(29)13-21(18)30/h2-15H,1H3. The van der Waals surface area contributed by atoms with Gasteiger partial charge in [-0.2, -0.15) is 9.78 Å². The average Bonchev–Trinajstić information content (AvgIpc) is 3.55. The molecule has 3 aromatic heterocycles. The Kier molecular flexibility index (Phi) is 5.79. The first-order valence-electron chi connectivity index (χ1n) is 11.2. The summed E-state index contributed by atoms with van der Waals surface area (Å²) in [6.07, 6.45) is 1.44. The normalized spacial score (nSPS) is 11.6. The van der Waals surface area contributed by atoms with Gasteiger partial charge < -0.3 is 13.6 Å². The minimum absolute atomic E-state index is 0.241. The number of hydrogen-bond acceptors (Lipinski definition) is 6. The van der Waals surface area contributed by atoms with Crippen molar-refractivity contribution in [3.05, 3.63) is 105 Å². The summed E-state index contributed by atoms with van der Waals surface area (Å²) >= 11 is 12.3. The van der Waals surface area contributed by atoms with E-state index in [9.17, 15) is 4.79 Å². The highest BCUT2D eigenvalue weighted by Crippen LogP contribution is 2.33. The van der Waals surface area contributed by atoms with Gasteiger partial charge in [0.15, 0.2) is 5.76 Å². The summed E-state index contributed by atoms with van der Waals surface area (Å²) in [5.74, 6) is 2.21. The van der Waals surface area contributed by atoms with Crippen molar-refractivity contribution in [2.24, 2.45) is 5.10 Å². The number of benzene rings is 3. The quantitative estimate of drug-likeness (QED) is 0.219. The van der Waals surface area contributed by atoms with Gasteiger partial charge in [-0.1, -0.05) is 41.4 Å². The molecular weight excluding hydrogens is 513 g/mol. The van der Waals surface area contributed by atoms with Gasteiger partial charge in [-0.3, -0.25) is 4.79 Å². The molecule has 0 amide bonds. The second-order valence-electron chi connectivity index (χ2n) is 8.12. The molecule has 0 radical (unpaired) electrons. The lowest BCUT2D eigenvalue weighted by Crippen LogP contribution is -2.20. The van der Waals surface area contributed by atoms with Crippen LogP contribution in [0.25, 0.3) is 44.8 Å². The highest BCUT2D eigenvalue weighted by Gasteiger charge is 2.18. The summed E-state index contributed by atoms with van der Waals surface area (Å²) in [6.45, 7) is 0. The number of nitrogens with zero attached hydrogens (tertiary/aromatic N) is 3. The van der Waals surface area contributed by atoms with Crippen molar-refractivity contribution < 1.29 is 13.6 Å². The zero-order chi connectivity index (χ0) is 25.5. The van der Waals surface area contributed by atoms with Gasteiger partial charge >= 0.3 is 0 Å². The molecule has 7 nitrogen and oxygen atoms in total. The van der Waals surface area contributed by atoms with Gasteiger partial charge in [-0.15, -0.1) is 0 Å². The van der Waals surface area contributed by atoms with Gasteiger partial charge in [0.05, 0.1) is 34.6 Å². The van der Waals surface area contributed by atoms with Crippen LogP contribution in [0.5, 0.6) is 5.75 Å². The Morgan fingerprint density at radius 2 is 1.78 bits per heavy atom. The number of rotatable bonds is 5. The number of para-hydroxylation sites is 1. The van der Waals surface area contributed by atoms with Crippen molar-refractivity contribution in [1.29, 1.82) is 0 Å². The minimum atomic E-state index is -0.350. The largest absolute Gasteiger partial charge is 0.496 e. The van der Waals surface area contributed by atoms with Crippen molar-refractivity contribution in [3.8, 4) is 28.7 Å². The summed E-state index contributed by atoms with van der Waals surface area (Å²) in [6, 6.07) is 23.0. The molecule has 0 spiro atoms. The van der Waals surface area contributed by atoms with E-state index in [2.05, 4.69) is 5.10 Å². The van der Waals surface area contributed by atoms with Crippen LogP contribution in [0.2, 0.25) is 10.0 Å². The SMILES string of the molecule is COc1cccc2oc(-c3nc4ccccc4c(=O)n3N=Cc3ccc(-c4ccc(Cl)cc4Cl)o3)cc12. The number of halogens is 2. The highest BCUT2D eigenvalue weighted by atomic mass is 35.5. The molecule has 9 heteroatoms. The zero-order valence-corrected chi connectivity index (χ0v) is 20.8. The zero-order valence-electron chi connectivity index (χ0n) is 19.3. The fourth-order valence-electron chi connectivity index (χ4n) is 4.08. The molecule has 182 valence electrons. The predicted molar refractivity (Wildman–Crippen MR) is 145 cm³/mol. The van der Waals surface area contributed by atoms with E-state index >= 15 is 0 Å². The molecule has 0 aliphatic carbocycles. The van der Waals surface area contributed by atoms with E-state index < -0.39 is 0 Å². The molecular formula is C28H17Cl2N3O4. The van der Waals surface area contributed by atoms with Gasteiger partial charge in [0.1, 0.15) is 22.9 Å². The Labute approximate surface area is 220 Å². The molecule has 0 N–H and O–H groups in total. The Balaban J connectivity index is 1.47. The molecule has 6 aromatic rings. The number of hydrogen-bond donors (Lipinski definition) is 0. The second-order valence-corrected chi connectivity index (χ2v) is 8.97. The van der Waals surface area contributed by atoms with Crippen molar-refractivity contribution in [2.75, 3.05) is 7.11 Å². The van der Waals surface area contributed by atoms with Crippen LogP contribution >= 0.6 is 23.2 Å². The number of methoxy groups -OCH3 is 1. The molecule has 0 aliphatic heterocycles. The summed E-state index contributed by atoms with van der Waals surface area (Å²) in [5.41, 5.74) is 1.46. The Morgan fingerprint density at radius 1 is 0.919 bits per heavy atom. The smallest absolute Gasteiger partial charge is 0.282 e. The Morgan fingerprint density at radius 3 is 2.62 bits per heavy atom. The first kappa shape index (κ1) is 23.1. The first-order valence-corrected chi connectivity index (χ1v) is 12.0. The van der Waals surface area contributed by atoms with Crippen LogP contribution in [-0.4, -0.2) is 23.0 Å². The minimum Gasteiger partial charge on any atom is -0.496 e. The fraction of sp³-hybridized carbons (Fsp3) is 0.0357. The lowest BCUT2D eigenvalue weighted by Gasteiger charge is -2.06. The van der Waals surface area contributed by atoms with Gasteiger partial charge in [0.25, 0.3) is 5.56 Å². The maximum Gasteiger partial charge on any atom is 0.282 e. The van der Waals surface area contributed by atoms with E-state index in [1.54, 1.807) is 61.7 Å². The molecule has 0 saturated heterocycles. The monoisotopic (exact) mass is 529 g/mol. The van der Waals surface area contributed by atoms with Crippen LogP contribution in [0.1, 0.15) is 5.76 Å². The van der Waals surface area contributed by atoms with Crippen molar-refractivity contribution in [2.45, 2.75) is 0 Å². The van der Waals surface area contributed by atoms with Gasteiger partial charge in [0, 0.05) is 10.6 Å². The van der Waals surface area contributed by atoms with Crippen LogP contribution in [0, 0.1) is 0 Å². The highest BCUT2D eigenvalue weighted by molar-refractivity contribution is 6.36. The second kappa shape index (κ2) is 9.28. The lowest BCUT2D eigenvalue weighted by atomic mass is 10.2. The number of aromatic nitrogens is 2. The molecule has 3 heterocycles. The molecule has 0 unspecified atom stereocenters. The maximum absolute atomic E-state index is 13.5. The summed E-state index contributed by atoms with van der Waals surface area (Å²) in [5, 5.41) is 6.61. The van der Waals surface area contributed by atoms with E-state index in [0.29, 0.717) is 55.1 Å². The van der Waals surface area contributed by atoms with Crippen molar-refractivity contribution >= 4 is 51.3 Å². The van der Waals surface area contributed by atoms with Gasteiger partial charge in [0.2, 0.25) is 5.82 Å². The summed E-state index contributed by atoms with van der Waals surface area (Å²) < 4.78 is 18.6. The topological polar surface area (TPSA) is 82.8 Å². The molecule has 0 fully saturated rings. The van der Waals surface area contributed by atoms with Crippen LogP contribution in [0.3, 0.4) is 0 Å². The van der Waals surface area contributed by atoms with Crippen LogP contribution in [0.4, 0.5) is 0 Å². The van der Waals surface area contributed by atoms with E-state index in [0.717, 1.165) is 5.39 Å². The van der Waals surface area contributed by atoms with E-state index in [-0.39, 0.29) is 11.4 Å². The van der Waals surface area contributed by atoms with Crippen LogP contribution in [-0.2, 0) is 0 Å².